The molecule has 1 rings (SSSR count). The lowest BCUT2D eigenvalue weighted by molar-refractivity contribution is -0.145. The summed E-state index contributed by atoms with van der Waals surface area (Å²) in [4.78, 5) is 34.9. The number of carboxylic acid groups (broad SMARTS) is 2. The van der Waals surface area contributed by atoms with Gasteiger partial charge in [0.1, 0.15) is 10.9 Å². The molecular weight excluding hydrogens is 305 g/mol. The molecule has 0 saturated heterocycles. The molecule has 0 fully saturated rings. The highest BCUT2D eigenvalue weighted by atomic mass is 32.1. The molecule has 1 aromatic heterocycles. The number of rotatable bonds is 5. The van der Waals surface area contributed by atoms with Crippen LogP contribution in [-0.2, 0) is 15.8 Å². The van der Waals surface area contributed by atoms with Gasteiger partial charge in [0.2, 0.25) is 0 Å². The molecule has 3 N–H and O–H groups in total. The number of nitrogens with zero attached hydrogens (tertiary/aromatic N) is 1. The normalized spacial score (nSPS) is 12.8. The number of thiazole rings is 1. The fourth-order valence-electron chi connectivity index (χ4n) is 1.21. The van der Waals surface area contributed by atoms with Gasteiger partial charge in [0.05, 0.1) is 11.9 Å². The highest BCUT2D eigenvalue weighted by molar-refractivity contribution is 7.11. The minimum absolute atomic E-state index is 0.374. The van der Waals surface area contributed by atoms with Crippen LogP contribution in [0.4, 0.5) is 13.2 Å². The molecule has 0 radical (unpaired) electrons. The molecule has 1 aromatic rings. The van der Waals surface area contributed by atoms with Gasteiger partial charge in [0, 0.05) is 0 Å². The summed E-state index contributed by atoms with van der Waals surface area (Å²) in [5.41, 5.74) is -0.662. The van der Waals surface area contributed by atoms with E-state index < -0.39 is 47.1 Å². The summed E-state index contributed by atoms with van der Waals surface area (Å²) in [6, 6.07) is -1.83. The van der Waals surface area contributed by atoms with Crippen LogP contribution in [0.25, 0.3) is 0 Å². The van der Waals surface area contributed by atoms with Crippen molar-refractivity contribution < 1.29 is 37.8 Å². The molecule has 0 aliphatic heterocycles. The van der Waals surface area contributed by atoms with Crippen LogP contribution < -0.4 is 5.32 Å². The fourth-order valence-corrected chi connectivity index (χ4v) is 1.92. The van der Waals surface area contributed by atoms with Crippen LogP contribution >= 0.6 is 11.3 Å². The second-order valence-electron chi connectivity index (χ2n) is 3.49. The quantitative estimate of drug-likeness (QED) is 0.741. The van der Waals surface area contributed by atoms with E-state index in [0.717, 1.165) is 5.51 Å². The van der Waals surface area contributed by atoms with Crippen LogP contribution in [0.15, 0.2) is 5.51 Å². The van der Waals surface area contributed by atoms with Crippen LogP contribution in [0, 0.1) is 0 Å². The Labute approximate surface area is 113 Å². The predicted molar refractivity (Wildman–Crippen MR) is 58.3 cm³/mol. The molecule has 1 amide bonds. The Balaban J connectivity index is 2.93. The number of hydrogen-bond donors (Lipinski definition) is 3. The molecule has 11 heteroatoms. The maximum Gasteiger partial charge on any atom is 0.434 e. The molecule has 0 aliphatic rings. The topological polar surface area (TPSA) is 117 Å². The van der Waals surface area contributed by atoms with Gasteiger partial charge in [-0.2, -0.15) is 13.2 Å². The first kappa shape index (κ1) is 15.9. The monoisotopic (exact) mass is 312 g/mol. The van der Waals surface area contributed by atoms with Crippen molar-refractivity contribution in [1.82, 2.24) is 10.3 Å². The van der Waals surface area contributed by atoms with E-state index in [-0.39, 0.29) is 0 Å². The fraction of sp³-hybridized carbons (Fsp3) is 0.333. The van der Waals surface area contributed by atoms with E-state index in [9.17, 15) is 27.6 Å². The number of hydrogen-bond acceptors (Lipinski definition) is 5. The van der Waals surface area contributed by atoms with E-state index in [2.05, 4.69) is 4.98 Å². The van der Waals surface area contributed by atoms with E-state index in [1.165, 1.54) is 0 Å². The Morgan fingerprint density at radius 1 is 1.35 bits per heavy atom. The lowest BCUT2D eigenvalue weighted by Crippen LogP contribution is -2.42. The van der Waals surface area contributed by atoms with Gasteiger partial charge in [-0.15, -0.1) is 11.3 Å². The molecular formula is C9H7F3N2O5S. The summed E-state index contributed by atoms with van der Waals surface area (Å²) >= 11 is 0.374. The third-order valence-corrected chi connectivity index (χ3v) is 2.85. The van der Waals surface area contributed by atoms with E-state index in [1.807, 2.05) is 0 Å². The number of nitrogens with one attached hydrogen (secondary N) is 1. The first-order valence-corrected chi connectivity index (χ1v) is 5.77. The number of alkyl halides is 3. The lowest BCUT2D eigenvalue weighted by Gasteiger charge is -2.12. The largest absolute Gasteiger partial charge is 0.481 e. The number of carbonyl (C=O) groups excluding carboxylic acids is 1. The van der Waals surface area contributed by atoms with Crippen LogP contribution in [0.3, 0.4) is 0 Å². The van der Waals surface area contributed by atoms with Gasteiger partial charge >= 0.3 is 18.1 Å². The van der Waals surface area contributed by atoms with Gasteiger partial charge < -0.3 is 15.5 Å². The molecule has 0 spiro atoms. The number of halogens is 3. The third-order valence-electron chi connectivity index (χ3n) is 2.02. The number of amides is 1. The van der Waals surface area contributed by atoms with Crippen molar-refractivity contribution in [1.29, 1.82) is 0 Å². The van der Waals surface area contributed by atoms with Crippen LogP contribution in [-0.4, -0.2) is 39.1 Å². The summed E-state index contributed by atoms with van der Waals surface area (Å²) in [5.74, 6) is -4.52. The van der Waals surface area contributed by atoms with Crippen molar-refractivity contribution in [3.8, 4) is 0 Å². The van der Waals surface area contributed by atoms with Gasteiger partial charge in [-0.1, -0.05) is 0 Å². The predicted octanol–water partition coefficient (Wildman–Crippen LogP) is 0.820. The number of aromatic nitrogens is 1. The number of carboxylic acids is 2. The summed E-state index contributed by atoms with van der Waals surface area (Å²) < 4.78 is 37.5. The van der Waals surface area contributed by atoms with Crippen molar-refractivity contribution >= 4 is 29.2 Å². The smallest absolute Gasteiger partial charge is 0.434 e. The van der Waals surface area contributed by atoms with E-state index >= 15 is 0 Å². The van der Waals surface area contributed by atoms with E-state index in [0.29, 0.717) is 11.3 Å². The minimum atomic E-state index is -4.86. The zero-order valence-electron chi connectivity index (χ0n) is 9.47. The Kier molecular flexibility index (Phi) is 4.65. The van der Waals surface area contributed by atoms with Gasteiger partial charge in [0.25, 0.3) is 5.91 Å². The maximum atomic E-state index is 12.5. The summed E-state index contributed by atoms with van der Waals surface area (Å²) in [6.45, 7) is 0. The average molecular weight is 312 g/mol. The van der Waals surface area contributed by atoms with Crippen molar-refractivity contribution in [3.63, 3.8) is 0 Å². The number of aliphatic carboxylic acids is 2. The highest BCUT2D eigenvalue weighted by Crippen LogP contribution is 2.32. The van der Waals surface area contributed by atoms with Gasteiger partial charge in [-0.25, -0.2) is 9.78 Å². The SMILES string of the molecule is O=C(O)CC(NC(=O)c1scnc1C(F)(F)F)C(=O)O. The van der Waals surface area contributed by atoms with Crippen LogP contribution in [0.2, 0.25) is 0 Å². The van der Waals surface area contributed by atoms with Crippen molar-refractivity contribution in [2.75, 3.05) is 0 Å². The molecule has 1 unspecified atom stereocenters. The summed E-state index contributed by atoms with van der Waals surface area (Å²) in [7, 11) is 0. The first-order chi connectivity index (χ1) is 9.12. The van der Waals surface area contributed by atoms with Crippen molar-refractivity contribution in [2.45, 2.75) is 18.6 Å². The Morgan fingerprint density at radius 2 is 1.95 bits per heavy atom. The zero-order chi connectivity index (χ0) is 15.5. The highest BCUT2D eigenvalue weighted by Gasteiger charge is 2.39. The molecule has 0 saturated carbocycles. The Bertz CT molecular complexity index is 542. The van der Waals surface area contributed by atoms with Gasteiger partial charge in [-0.05, 0) is 0 Å². The summed E-state index contributed by atoms with van der Waals surface area (Å²) in [5, 5.41) is 18.9. The zero-order valence-corrected chi connectivity index (χ0v) is 10.3. The van der Waals surface area contributed by atoms with E-state index in [4.69, 9.17) is 10.2 Å². The lowest BCUT2D eigenvalue weighted by atomic mass is 10.2. The molecule has 0 aliphatic carbocycles. The summed E-state index contributed by atoms with van der Waals surface area (Å²) in [6.07, 6.45) is -5.82. The van der Waals surface area contributed by atoms with Crippen molar-refractivity contribution in [2.24, 2.45) is 0 Å². The third kappa shape index (κ3) is 3.91. The molecule has 20 heavy (non-hydrogen) atoms. The van der Waals surface area contributed by atoms with Crippen LogP contribution in [0.1, 0.15) is 21.8 Å². The number of carbonyl (C=O) groups is 3. The molecule has 0 aromatic carbocycles. The first-order valence-electron chi connectivity index (χ1n) is 4.89. The molecule has 1 atom stereocenters. The second-order valence-corrected chi connectivity index (χ2v) is 4.34. The van der Waals surface area contributed by atoms with Crippen LogP contribution in [0.5, 0.6) is 0 Å². The average Bonchev–Trinajstić information content (AvgIpc) is 2.75. The Hall–Kier alpha value is -2.17. The maximum absolute atomic E-state index is 12.5. The van der Waals surface area contributed by atoms with Gasteiger partial charge in [-0.3, -0.25) is 9.59 Å². The molecule has 1 heterocycles. The van der Waals surface area contributed by atoms with Gasteiger partial charge in [0.15, 0.2) is 5.69 Å². The minimum Gasteiger partial charge on any atom is -0.481 e. The molecule has 0 bridgehead atoms. The standard InChI is InChI=1S/C9H7F3N2O5S/c10-9(11,12)6-5(20-2-13-6)7(17)14-3(8(18)19)1-4(15)16/h2-3H,1H2,(H,14,17)(H,15,16)(H,18,19). The molecule has 7 nitrogen and oxygen atoms in total. The second kappa shape index (κ2) is 5.86. The van der Waals surface area contributed by atoms with E-state index in [1.54, 1.807) is 5.32 Å². The molecule has 110 valence electrons. The Morgan fingerprint density at radius 3 is 2.40 bits per heavy atom. The van der Waals surface area contributed by atoms with Crippen molar-refractivity contribution in [3.05, 3.63) is 16.1 Å².